The third kappa shape index (κ3) is 5.40. The van der Waals surface area contributed by atoms with Crippen LogP contribution in [0.1, 0.15) is 31.9 Å². The Kier molecular flexibility index (Phi) is 8.40. The first-order valence-electron chi connectivity index (χ1n) is 13.2. The number of carbonyl (C=O) groups is 5. The van der Waals surface area contributed by atoms with E-state index in [0.717, 1.165) is 16.2 Å². The van der Waals surface area contributed by atoms with Crippen molar-refractivity contribution in [2.45, 2.75) is 43.6 Å². The second kappa shape index (κ2) is 12.0. The average Bonchev–Trinajstić information content (AvgIpc) is 3.56. The molecule has 0 saturated carbocycles. The fraction of sp³-hybridized carbons (Fsp3) is 0.480. The zero-order valence-corrected chi connectivity index (χ0v) is 24.2. The van der Waals surface area contributed by atoms with E-state index in [1.54, 1.807) is 22.8 Å². The zero-order valence-electron chi connectivity index (χ0n) is 22.5. The van der Waals surface area contributed by atoms with Gasteiger partial charge in [0, 0.05) is 42.4 Å². The number of carbonyl (C=O) groups excluding carboxylic acids is 4. The third-order valence-corrected chi connectivity index (χ3v) is 9.48. The number of ether oxygens (including phenoxy) is 1. The number of rotatable bonds is 7. The first-order valence-corrected chi connectivity index (χ1v) is 15.2. The van der Waals surface area contributed by atoms with Crippen LogP contribution in [0.15, 0.2) is 33.5 Å². The number of carboxylic acid groups (broad SMARTS) is 1. The Morgan fingerprint density at radius 1 is 1.26 bits per heavy atom. The van der Waals surface area contributed by atoms with Crippen LogP contribution in [0, 0.1) is 0 Å². The van der Waals surface area contributed by atoms with E-state index in [4.69, 9.17) is 10.5 Å². The molecule has 17 heteroatoms. The second-order valence-electron chi connectivity index (χ2n) is 9.89. The number of nitrogen functional groups attached to an aromatic ring is 1. The van der Waals surface area contributed by atoms with Crippen LogP contribution in [-0.4, -0.2) is 115 Å². The van der Waals surface area contributed by atoms with Gasteiger partial charge in [-0.25, -0.2) is 14.6 Å². The van der Waals surface area contributed by atoms with Gasteiger partial charge in [-0.05, 0) is 37.8 Å². The van der Waals surface area contributed by atoms with Gasteiger partial charge in [0.2, 0.25) is 5.91 Å². The van der Waals surface area contributed by atoms with Crippen LogP contribution in [-0.2, 0) is 23.9 Å². The van der Waals surface area contributed by atoms with E-state index < -0.39 is 34.9 Å². The van der Waals surface area contributed by atoms with Gasteiger partial charge in [-0.3, -0.25) is 19.3 Å². The molecule has 4 aliphatic rings. The summed E-state index contributed by atoms with van der Waals surface area (Å²) in [5.41, 5.74) is 5.75. The number of thiazole rings is 1. The number of amides is 4. The number of piperidine rings is 1. The van der Waals surface area contributed by atoms with Gasteiger partial charge < -0.3 is 35.9 Å². The monoisotopic (exact) mass is 619 g/mol. The maximum absolute atomic E-state index is 13.3. The molecular formula is C25H29N7O8S2. The first-order chi connectivity index (χ1) is 20.1. The summed E-state index contributed by atoms with van der Waals surface area (Å²) in [6.07, 6.45) is 2.86. The van der Waals surface area contributed by atoms with Gasteiger partial charge in [0.15, 0.2) is 10.8 Å². The number of oxime groups is 1. The number of hydrogen-bond acceptors (Lipinski definition) is 12. The van der Waals surface area contributed by atoms with Crippen molar-refractivity contribution in [1.29, 1.82) is 0 Å². The summed E-state index contributed by atoms with van der Waals surface area (Å²) in [5.74, 6) is -2.82. The molecule has 1 aromatic heterocycles. The smallest absolute Gasteiger partial charge is 0.409 e. The van der Waals surface area contributed by atoms with Crippen LogP contribution in [0.3, 0.4) is 0 Å². The van der Waals surface area contributed by atoms with Crippen LogP contribution in [0.2, 0.25) is 0 Å². The molecule has 5 rings (SSSR count). The Bertz CT molecular complexity index is 1410. The lowest BCUT2D eigenvalue weighted by Crippen LogP contribution is -2.71. The Labute approximate surface area is 248 Å². The Morgan fingerprint density at radius 3 is 2.62 bits per heavy atom. The molecule has 0 unspecified atom stereocenters. The van der Waals surface area contributed by atoms with E-state index in [1.165, 1.54) is 17.1 Å². The largest absolute Gasteiger partial charge is 0.477 e. The second-order valence-corrected chi connectivity index (χ2v) is 11.9. The number of aromatic nitrogens is 1. The maximum Gasteiger partial charge on any atom is 0.409 e. The topological polar surface area (TPSA) is 208 Å². The molecule has 0 radical (unpaired) electrons. The van der Waals surface area contributed by atoms with Crippen LogP contribution >= 0.6 is 23.1 Å². The minimum Gasteiger partial charge on any atom is -0.477 e. The number of carboxylic acids is 1. The molecule has 2 atom stereocenters. The molecular weight excluding hydrogens is 590 g/mol. The minimum absolute atomic E-state index is 0.0392. The van der Waals surface area contributed by atoms with Gasteiger partial charge in [-0.2, -0.15) is 0 Å². The van der Waals surface area contributed by atoms with Crippen molar-refractivity contribution in [2.24, 2.45) is 5.16 Å². The molecule has 224 valence electrons. The number of thioether (sulfide) groups is 1. The minimum atomic E-state index is -1.32. The van der Waals surface area contributed by atoms with Crippen molar-refractivity contribution >= 4 is 63.7 Å². The Morgan fingerprint density at radius 2 is 2.00 bits per heavy atom. The van der Waals surface area contributed by atoms with Crippen LogP contribution < -0.4 is 11.1 Å². The molecule has 0 aliphatic carbocycles. The number of nitrogens with zero attached hydrogens (tertiary/aromatic N) is 5. The van der Waals surface area contributed by atoms with Crippen molar-refractivity contribution in [3.8, 4) is 0 Å². The number of nitrogens with two attached hydrogens (primary N) is 1. The van der Waals surface area contributed by atoms with E-state index in [0.29, 0.717) is 56.6 Å². The van der Waals surface area contributed by atoms with Gasteiger partial charge >= 0.3 is 12.1 Å². The van der Waals surface area contributed by atoms with Gasteiger partial charge in [0.25, 0.3) is 11.8 Å². The highest BCUT2D eigenvalue weighted by atomic mass is 32.2. The number of hydrogen-bond donors (Lipinski definition) is 4. The van der Waals surface area contributed by atoms with E-state index >= 15 is 0 Å². The summed E-state index contributed by atoms with van der Waals surface area (Å²) in [7, 11) is 0. The summed E-state index contributed by atoms with van der Waals surface area (Å²) >= 11 is 2.29. The summed E-state index contributed by atoms with van der Waals surface area (Å²) < 4.78 is 5.06. The lowest BCUT2D eigenvalue weighted by Gasteiger charge is -2.49. The number of likely N-dealkylation sites (tertiary alicyclic amines) is 2. The van der Waals surface area contributed by atoms with E-state index in [9.17, 15) is 34.3 Å². The molecule has 15 nitrogen and oxygen atoms in total. The molecule has 3 saturated heterocycles. The number of fused-ring (bicyclic) bond motifs is 1. The average molecular weight is 620 g/mol. The van der Waals surface area contributed by atoms with Gasteiger partial charge in [0.05, 0.1) is 6.61 Å². The predicted octanol–water partition coefficient (Wildman–Crippen LogP) is 0.422. The van der Waals surface area contributed by atoms with E-state index in [1.807, 2.05) is 0 Å². The summed E-state index contributed by atoms with van der Waals surface area (Å²) in [4.78, 5) is 71.8. The van der Waals surface area contributed by atoms with Crippen LogP contribution in [0.25, 0.3) is 0 Å². The fourth-order valence-corrected chi connectivity index (χ4v) is 7.33. The summed E-state index contributed by atoms with van der Waals surface area (Å²) in [6, 6.07) is -1.09. The van der Waals surface area contributed by atoms with Crippen molar-refractivity contribution in [2.75, 3.05) is 37.7 Å². The van der Waals surface area contributed by atoms with E-state index in [-0.39, 0.29) is 40.3 Å². The molecule has 5 heterocycles. The lowest BCUT2D eigenvalue weighted by molar-refractivity contribution is -0.150. The lowest BCUT2D eigenvalue weighted by atomic mass is 10.0. The number of allylic oxidation sites excluding steroid dienone is 1. The van der Waals surface area contributed by atoms with Gasteiger partial charge in [-0.15, -0.1) is 23.1 Å². The molecule has 4 amide bonds. The molecule has 4 aliphatic heterocycles. The van der Waals surface area contributed by atoms with Crippen molar-refractivity contribution in [3.63, 3.8) is 0 Å². The van der Waals surface area contributed by atoms with E-state index in [2.05, 4.69) is 15.5 Å². The van der Waals surface area contributed by atoms with Crippen molar-refractivity contribution in [3.05, 3.63) is 34.0 Å². The van der Waals surface area contributed by atoms with Crippen LogP contribution in [0.4, 0.5) is 9.93 Å². The molecule has 42 heavy (non-hydrogen) atoms. The Balaban J connectivity index is 1.26. The number of aliphatic carboxylic acids is 1. The summed E-state index contributed by atoms with van der Waals surface area (Å²) in [6.45, 7) is 3.49. The van der Waals surface area contributed by atoms with Crippen molar-refractivity contribution in [1.82, 2.24) is 25.0 Å². The fourth-order valence-electron chi connectivity index (χ4n) is 5.47. The SMILES string of the molecule is CCOC(=O)N1CCC(N2CC/C(=C\C3=C(C(=O)O)N4C(=O)[C@@H](NC(=O)/C(=N\O)c5csc(N)n5)[C@H]4SC3)C2=O)CC1. The van der Waals surface area contributed by atoms with Crippen molar-refractivity contribution < 1.29 is 39.0 Å². The predicted molar refractivity (Wildman–Crippen MR) is 151 cm³/mol. The Hall–Kier alpha value is -4.12. The maximum atomic E-state index is 13.3. The number of β-lactam (4-membered cyclic amide) rings is 1. The molecule has 5 N–H and O–H groups in total. The normalized spacial score (nSPS) is 24.2. The molecule has 0 aromatic carbocycles. The highest BCUT2D eigenvalue weighted by molar-refractivity contribution is 8.00. The molecule has 0 spiro atoms. The quantitative estimate of drug-likeness (QED) is 0.108. The standard InChI is InChI=1S/C25H29N7O8S2/c1-2-40-25(38)30-6-4-14(5-7-30)31-8-3-12(20(31)34)9-13-10-41-22-17(21(35)32(22)18(13)23(36)37)28-19(33)16(29-39)15-11-42-24(26)27-15/h9,11,14,17,22,39H,2-8,10H2,1H3,(H2,26,27)(H,28,33)(H,36,37)/b12-9+,29-16-/t17-,22-/m1/s1. The summed E-state index contributed by atoms with van der Waals surface area (Å²) in [5, 5.41) is 25.7. The zero-order chi connectivity index (χ0) is 30.1. The molecule has 0 bridgehead atoms. The molecule has 1 aromatic rings. The first kappa shape index (κ1) is 29.4. The highest BCUT2D eigenvalue weighted by Crippen LogP contribution is 2.41. The van der Waals surface area contributed by atoms with Gasteiger partial charge in [-0.1, -0.05) is 5.16 Å². The third-order valence-electron chi connectivity index (χ3n) is 7.50. The van der Waals surface area contributed by atoms with Crippen LogP contribution in [0.5, 0.6) is 0 Å². The molecule has 3 fully saturated rings. The highest BCUT2D eigenvalue weighted by Gasteiger charge is 2.54. The number of anilines is 1. The van der Waals surface area contributed by atoms with Gasteiger partial charge in [0.1, 0.15) is 22.8 Å². The number of nitrogens with one attached hydrogen (secondary N) is 1.